The van der Waals surface area contributed by atoms with E-state index in [1.54, 1.807) is 0 Å². The van der Waals surface area contributed by atoms with Crippen molar-refractivity contribution in [3.05, 3.63) is 161 Å². The minimum atomic E-state index is -0.173. The van der Waals surface area contributed by atoms with Gasteiger partial charge in [-0.1, -0.05) is 109 Å². The highest BCUT2D eigenvalue weighted by atomic mass is 16.3. The average molecular weight is 605 g/mol. The number of fused-ring (bicyclic) bond motifs is 6. The molecular formula is C44H32N2O. The fraction of sp³-hybridized carbons (Fsp3) is 0.114. The number of rotatable bonds is 4. The van der Waals surface area contributed by atoms with Crippen LogP contribution >= 0.6 is 0 Å². The molecule has 2 aliphatic carbocycles. The molecule has 0 spiro atoms. The Morgan fingerprint density at radius 3 is 2.60 bits per heavy atom. The quantitative estimate of drug-likeness (QED) is 0.203. The summed E-state index contributed by atoms with van der Waals surface area (Å²) in [5.74, 6) is 6.60. The number of hydrogen-bond donors (Lipinski definition) is 1. The Morgan fingerprint density at radius 2 is 1.68 bits per heavy atom. The summed E-state index contributed by atoms with van der Waals surface area (Å²) in [5, 5.41) is 8.40. The van der Waals surface area contributed by atoms with Gasteiger partial charge in [-0.05, 0) is 93.4 Å². The average Bonchev–Trinajstić information content (AvgIpc) is 3.50. The molecule has 1 N–H and O–H groups in total. The third-order valence-corrected chi connectivity index (χ3v) is 9.44. The summed E-state index contributed by atoms with van der Waals surface area (Å²) in [6, 6.07) is 34.6. The number of aliphatic imine (C=N–C) groups is 1. The number of allylic oxidation sites excluding steroid dienone is 5. The van der Waals surface area contributed by atoms with E-state index in [0.717, 1.165) is 75.7 Å². The van der Waals surface area contributed by atoms with Crippen molar-refractivity contribution in [2.75, 3.05) is 0 Å². The van der Waals surface area contributed by atoms with E-state index < -0.39 is 0 Å². The van der Waals surface area contributed by atoms with Crippen LogP contribution < -0.4 is 5.32 Å². The van der Waals surface area contributed by atoms with Gasteiger partial charge in [0.2, 0.25) is 0 Å². The van der Waals surface area contributed by atoms with Crippen molar-refractivity contribution in [1.82, 2.24) is 5.32 Å². The first-order valence-electron chi connectivity index (χ1n) is 16.4. The molecule has 1 aromatic heterocycles. The Kier molecular flexibility index (Phi) is 6.72. The lowest BCUT2D eigenvalue weighted by molar-refractivity contribution is 0.625. The normalized spacial score (nSPS) is 17.9. The Bertz CT molecular complexity index is 2440. The van der Waals surface area contributed by atoms with Gasteiger partial charge in [0.15, 0.2) is 0 Å². The van der Waals surface area contributed by atoms with Crippen molar-refractivity contribution in [2.45, 2.75) is 31.8 Å². The summed E-state index contributed by atoms with van der Waals surface area (Å²) in [5.41, 5.74) is 12.1. The minimum Gasteiger partial charge on any atom is -0.456 e. The van der Waals surface area contributed by atoms with E-state index in [1.165, 1.54) is 33.0 Å². The molecule has 0 bridgehead atoms. The third kappa shape index (κ3) is 5.00. The third-order valence-electron chi connectivity index (χ3n) is 9.44. The van der Waals surface area contributed by atoms with Gasteiger partial charge in [0.25, 0.3) is 0 Å². The topological polar surface area (TPSA) is 37.5 Å². The van der Waals surface area contributed by atoms with Gasteiger partial charge >= 0.3 is 0 Å². The van der Waals surface area contributed by atoms with Gasteiger partial charge in [-0.2, -0.15) is 0 Å². The van der Waals surface area contributed by atoms with Crippen LogP contribution in [-0.2, 0) is 6.42 Å². The fourth-order valence-corrected chi connectivity index (χ4v) is 7.09. The predicted molar refractivity (Wildman–Crippen MR) is 195 cm³/mol. The van der Waals surface area contributed by atoms with Crippen LogP contribution in [0.5, 0.6) is 0 Å². The second-order valence-electron chi connectivity index (χ2n) is 12.4. The smallest absolute Gasteiger partial charge is 0.145 e. The van der Waals surface area contributed by atoms with E-state index in [0.29, 0.717) is 0 Å². The highest BCUT2D eigenvalue weighted by Gasteiger charge is 2.22. The second kappa shape index (κ2) is 11.5. The molecule has 0 fully saturated rings. The minimum absolute atomic E-state index is 0.173. The Balaban J connectivity index is 1.18. The molecule has 0 radical (unpaired) electrons. The molecule has 6 aromatic rings. The SMILES string of the molecule is C1#CCc2c(ccc3cc(-c4cccc5oc6ccc(C7=NC(c8ccccc8)NC(C8=CCCC=C8)=C7)cc6c45)ccc23)/C=C\C1. The summed E-state index contributed by atoms with van der Waals surface area (Å²) in [6.45, 7) is 0. The van der Waals surface area contributed by atoms with Gasteiger partial charge < -0.3 is 9.73 Å². The molecule has 0 saturated heterocycles. The summed E-state index contributed by atoms with van der Waals surface area (Å²) < 4.78 is 6.44. The monoisotopic (exact) mass is 604 g/mol. The van der Waals surface area contributed by atoms with Crippen LogP contribution in [-0.4, -0.2) is 5.71 Å². The zero-order chi connectivity index (χ0) is 31.2. The molecule has 3 aliphatic rings. The highest BCUT2D eigenvalue weighted by Crippen LogP contribution is 2.39. The Hall–Kier alpha value is -5.85. The summed E-state index contributed by atoms with van der Waals surface area (Å²) >= 11 is 0. The molecule has 0 saturated carbocycles. The van der Waals surface area contributed by atoms with E-state index in [4.69, 9.17) is 9.41 Å². The van der Waals surface area contributed by atoms with Crippen LogP contribution in [0.4, 0.5) is 0 Å². The first-order chi connectivity index (χ1) is 23.3. The predicted octanol–water partition coefficient (Wildman–Crippen LogP) is 10.6. The lowest BCUT2D eigenvalue weighted by Gasteiger charge is -2.26. The van der Waals surface area contributed by atoms with Gasteiger partial charge in [0.05, 0.1) is 5.71 Å². The van der Waals surface area contributed by atoms with Gasteiger partial charge in [-0.15, -0.1) is 0 Å². The number of furan rings is 1. The van der Waals surface area contributed by atoms with Crippen LogP contribution in [0.2, 0.25) is 0 Å². The molecule has 5 aromatic carbocycles. The van der Waals surface area contributed by atoms with Gasteiger partial charge in [0.1, 0.15) is 17.3 Å². The van der Waals surface area contributed by atoms with E-state index >= 15 is 0 Å². The zero-order valence-corrected chi connectivity index (χ0v) is 26.0. The van der Waals surface area contributed by atoms with Crippen LogP contribution in [0.25, 0.3) is 49.9 Å². The maximum atomic E-state index is 6.44. The van der Waals surface area contributed by atoms with Crippen LogP contribution in [0.15, 0.2) is 148 Å². The number of hydrogen-bond acceptors (Lipinski definition) is 3. The first-order valence-corrected chi connectivity index (χ1v) is 16.4. The molecule has 3 nitrogen and oxygen atoms in total. The van der Waals surface area contributed by atoms with Gasteiger partial charge in [-0.25, -0.2) is 0 Å². The van der Waals surface area contributed by atoms with E-state index in [2.05, 4.69) is 145 Å². The van der Waals surface area contributed by atoms with Crippen molar-refractivity contribution < 1.29 is 4.42 Å². The van der Waals surface area contributed by atoms with Crippen molar-refractivity contribution in [3.8, 4) is 23.0 Å². The highest BCUT2D eigenvalue weighted by molar-refractivity contribution is 6.17. The molecular weight excluding hydrogens is 572 g/mol. The molecule has 2 heterocycles. The molecule has 1 aliphatic heterocycles. The van der Waals surface area contributed by atoms with Crippen molar-refractivity contribution in [3.63, 3.8) is 0 Å². The number of nitrogens with zero attached hydrogens (tertiary/aromatic N) is 1. The maximum absolute atomic E-state index is 6.44. The van der Waals surface area contributed by atoms with Crippen molar-refractivity contribution >= 4 is 44.5 Å². The summed E-state index contributed by atoms with van der Waals surface area (Å²) in [7, 11) is 0. The van der Waals surface area contributed by atoms with E-state index in [-0.39, 0.29) is 6.17 Å². The Morgan fingerprint density at radius 1 is 0.745 bits per heavy atom. The summed E-state index contributed by atoms with van der Waals surface area (Å²) in [6.07, 6.45) is 16.9. The maximum Gasteiger partial charge on any atom is 0.145 e. The van der Waals surface area contributed by atoms with Crippen LogP contribution in [0, 0.1) is 11.8 Å². The molecule has 47 heavy (non-hydrogen) atoms. The lowest BCUT2D eigenvalue weighted by atomic mass is 9.92. The van der Waals surface area contributed by atoms with Crippen molar-refractivity contribution in [2.24, 2.45) is 4.99 Å². The molecule has 1 atom stereocenters. The van der Waals surface area contributed by atoms with Crippen LogP contribution in [0.1, 0.15) is 47.7 Å². The molecule has 1 unspecified atom stereocenters. The molecule has 3 heteroatoms. The van der Waals surface area contributed by atoms with E-state index in [9.17, 15) is 0 Å². The summed E-state index contributed by atoms with van der Waals surface area (Å²) in [4.78, 5) is 5.23. The molecule has 0 amide bonds. The number of nitrogens with one attached hydrogen (secondary N) is 1. The van der Waals surface area contributed by atoms with Gasteiger partial charge in [0, 0.05) is 34.9 Å². The van der Waals surface area contributed by atoms with E-state index in [1.807, 2.05) is 6.07 Å². The molecule has 224 valence electrons. The van der Waals surface area contributed by atoms with Crippen LogP contribution in [0.3, 0.4) is 0 Å². The largest absolute Gasteiger partial charge is 0.456 e. The van der Waals surface area contributed by atoms with Gasteiger partial charge in [-0.3, -0.25) is 4.99 Å². The lowest BCUT2D eigenvalue weighted by Crippen LogP contribution is -2.26. The second-order valence-corrected chi connectivity index (χ2v) is 12.4. The zero-order valence-electron chi connectivity index (χ0n) is 26.0. The number of benzene rings is 5. The first kappa shape index (κ1) is 27.5. The Labute approximate surface area is 274 Å². The standard InChI is InChI=1S/C44H32N2O/c1-2-10-17-35-29(12-5-1)20-21-32-26-33(22-24-36(32)35)37-18-11-19-42-43(37)38-27-34(23-25-41(38)47-42)40-28-39(30-13-6-3-7-14-30)45-44(46-40)31-15-8-4-9-16-31/h4-6,8-9,11-16,18-28,44-45H,1,3,7,17H2/b12-5-. The molecule has 9 rings (SSSR count). The fourth-order valence-electron chi connectivity index (χ4n) is 7.09. The van der Waals surface area contributed by atoms with Crippen molar-refractivity contribution in [1.29, 1.82) is 0 Å².